The first kappa shape index (κ1) is 21.6. The fourth-order valence-electron chi connectivity index (χ4n) is 3.24. The summed E-state index contributed by atoms with van der Waals surface area (Å²) in [5.74, 6) is 0.468. The summed E-state index contributed by atoms with van der Waals surface area (Å²) < 4.78 is 5.50. The second-order valence-corrected chi connectivity index (χ2v) is 8.53. The minimum Gasteiger partial charge on any atom is -0.464 e. The highest BCUT2D eigenvalue weighted by Gasteiger charge is 2.19. The summed E-state index contributed by atoms with van der Waals surface area (Å²) in [5.41, 5.74) is 2.85. The van der Waals surface area contributed by atoms with Gasteiger partial charge in [-0.05, 0) is 23.8 Å². The van der Waals surface area contributed by atoms with Crippen molar-refractivity contribution >= 4 is 40.6 Å². The van der Waals surface area contributed by atoms with Crippen molar-refractivity contribution in [3.63, 3.8) is 0 Å². The molecule has 2 aromatic heterocycles. The summed E-state index contributed by atoms with van der Waals surface area (Å²) in [6.07, 6.45) is 2.91. The highest BCUT2D eigenvalue weighted by Crippen LogP contribution is 2.34. The Labute approximate surface area is 189 Å². The zero-order chi connectivity index (χ0) is 22.5. The topological polar surface area (TPSA) is 104 Å². The van der Waals surface area contributed by atoms with Gasteiger partial charge in [-0.15, -0.1) is 16.9 Å². The number of hydrogen-bond acceptors (Lipinski definition) is 7. The zero-order valence-corrected chi connectivity index (χ0v) is 18.6. The molecule has 0 spiro atoms. The number of carbonyl (C=O) groups excluding carboxylic acids is 2. The van der Waals surface area contributed by atoms with Crippen molar-refractivity contribution in [1.29, 1.82) is 0 Å². The van der Waals surface area contributed by atoms with Crippen LogP contribution in [0.2, 0.25) is 0 Å². The standard InChI is InChI=1S/C23H23N5O3S/c1-28(2)18-11-16-8-9-31-19(16)12-20(18)32-14-17(13-29)24-23(30)22-25-21(26-27-22)10-15-6-4-3-5-7-15/h3-9,11-13,17H,10,14H2,1-2H3,(H,24,30)(H,25,26,27). The molecule has 9 heteroatoms. The third-order valence-electron chi connectivity index (χ3n) is 4.86. The minimum atomic E-state index is -0.689. The second kappa shape index (κ2) is 9.69. The Morgan fingerprint density at radius 3 is 2.81 bits per heavy atom. The van der Waals surface area contributed by atoms with E-state index in [1.165, 1.54) is 11.8 Å². The summed E-state index contributed by atoms with van der Waals surface area (Å²) >= 11 is 1.47. The molecule has 0 saturated carbocycles. The predicted octanol–water partition coefficient (Wildman–Crippen LogP) is 3.30. The van der Waals surface area contributed by atoms with Gasteiger partial charge in [-0.25, -0.2) is 4.98 Å². The van der Waals surface area contributed by atoms with E-state index in [4.69, 9.17) is 4.42 Å². The van der Waals surface area contributed by atoms with E-state index < -0.39 is 11.9 Å². The molecule has 2 N–H and O–H groups in total. The van der Waals surface area contributed by atoms with Gasteiger partial charge in [-0.3, -0.25) is 9.89 Å². The van der Waals surface area contributed by atoms with E-state index in [9.17, 15) is 9.59 Å². The Morgan fingerprint density at radius 2 is 2.06 bits per heavy atom. The highest BCUT2D eigenvalue weighted by molar-refractivity contribution is 7.99. The molecule has 0 bridgehead atoms. The fourth-order valence-corrected chi connectivity index (χ4v) is 4.34. The van der Waals surface area contributed by atoms with Crippen molar-refractivity contribution in [3.8, 4) is 0 Å². The Balaban J connectivity index is 1.40. The number of amides is 1. The van der Waals surface area contributed by atoms with Crippen LogP contribution < -0.4 is 10.2 Å². The van der Waals surface area contributed by atoms with E-state index in [0.717, 1.165) is 33.4 Å². The summed E-state index contributed by atoms with van der Waals surface area (Å²) in [7, 11) is 3.92. The van der Waals surface area contributed by atoms with E-state index in [0.29, 0.717) is 18.0 Å². The van der Waals surface area contributed by atoms with E-state index in [2.05, 4.69) is 20.5 Å². The molecule has 0 aliphatic heterocycles. The lowest BCUT2D eigenvalue weighted by Crippen LogP contribution is -2.38. The molecule has 2 aromatic carbocycles. The highest BCUT2D eigenvalue weighted by atomic mass is 32.2. The van der Waals surface area contributed by atoms with Crippen molar-refractivity contribution in [2.24, 2.45) is 0 Å². The number of aldehydes is 1. The number of furan rings is 1. The number of aromatic amines is 1. The van der Waals surface area contributed by atoms with Gasteiger partial charge in [0.25, 0.3) is 5.91 Å². The van der Waals surface area contributed by atoms with E-state index in [1.807, 2.05) is 67.5 Å². The Bertz CT molecular complexity index is 1220. The average Bonchev–Trinajstić information content (AvgIpc) is 3.45. The Morgan fingerprint density at radius 1 is 1.25 bits per heavy atom. The molecule has 4 rings (SSSR count). The number of hydrogen-bond donors (Lipinski definition) is 2. The second-order valence-electron chi connectivity index (χ2n) is 7.47. The molecule has 0 saturated heterocycles. The Kier molecular flexibility index (Phi) is 6.55. The summed E-state index contributed by atoms with van der Waals surface area (Å²) in [6.45, 7) is 0. The molecule has 8 nitrogen and oxygen atoms in total. The van der Waals surface area contributed by atoms with Gasteiger partial charge < -0.3 is 19.4 Å². The van der Waals surface area contributed by atoms with Gasteiger partial charge in [0, 0.05) is 36.6 Å². The van der Waals surface area contributed by atoms with E-state index in [1.54, 1.807) is 6.26 Å². The van der Waals surface area contributed by atoms with Gasteiger partial charge in [0.2, 0.25) is 5.82 Å². The van der Waals surface area contributed by atoms with Crippen molar-refractivity contribution in [2.45, 2.75) is 17.4 Å². The number of thioether (sulfide) groups is 1. The summed E-state index contributed by atoms with van der Waals surface area (Å²) in [6, 6.07) is 15.0. The lowest BCUT2D eigenvalue weighted by Gasteiger charge is -2.18. The van der Waals surface area contributed by atoms with Gasteiger partial charge in [0.05, 0.1) is 18.0 Å². The molecule has 1 unspecified atom stereocenters. The van der Waals surface area contributed by atoms with Gasteiger partial charge in [-0.2, -0.15) is 0 Å². The van der Waals surface area contributed by atoms with Crippen molar-refractivity contribution in [1.82, 2.24) is 20.5 Å². The normalized spacial score (nSPS) is 11.9. The van der Waals surface area contributed by atoms with Crippen LogP contribution in [0.4, 0.5) is 5.69 Å². The maximum Gasteiger partial charge on any atom is 0.291 e. The van der Waals surface area contributed by atoms with E-state index in [-0.39, 0.29) is 5.82 Å². The SMILES string of the molecule is CN(C)c1cc2ccoc2cc1SCC(C=O)NC(=O)c1n[nH]c(Cc2ccccc2)n1. The number of anilines is 1. The maximum atomic E-state index is 12.6. The smallest absolute Gasteiger partial charge is 0.291 e. The zero-order valence-electron chi connectivity index (χ0n) is 17.7. The molecule has 2 heterocycles. The van der Waals surface area contributed by atoms with Gasteiger partial charge in [0.1, 0.15) is 17.7 Å². The summed E-state index contributed by atoms with van der Waals surface area (Å²) in [4.78, 5) is 31.4. The molecular weight excluding hydrogens is 426 g/mol. The average molecular weight is 450 g/mol. The van der Waals surface area contributed by atoms with Crippen molar-refractivity contribution in [3.05, 3.63) is 72.0 Å². The van der Waals surface area contributed by atoms with Gasteiger partial charge in [-0.1, -0.05) is 30.3 Å². The minimum absolute atomic E-state index is 0.0127. The summed E-state index contributed by atoms with van der Waals surface area (Å²) in [5, 5.41) is 10.5. The number of H-pyrrole nitrogens is 1. The van der Waals surface area contributed by atoms with Crippen LogP contribution in [0.15, 0.2) is 64.1 Å². The molecule has 0 fully saturated rings. The largest absolute Gasteiger partial charge is 0.464 e. The number of nitrogens with zero attached hydrogens (tertiary/aromatic N) is 3. The van der Waals surface area contributed by atoms with Crippen molar-refractivity contribution < 1.29 is 14.0 Å². The molecule has 0 aliphatic rings. The predicted molar refractivity (Wildman–Crippen MR) is 124 cm³/mol. The first-order valence-electron chi connectivity index (χ1n) is 10.1. The fraction of sp³-hybridized carbons (Fsp3) is 0.217. The van der Waals surface area contributed by atoms with Crippen LogP contribution in [0, 0.1) is 0 Å². The molecule has 4 aromatic rings. The molecule has 0 aliphatic carbocycles. The Hall–Kier alpha value is -3.59. The van der Waals surface area contributed by atoms with Gasteiger partial charge in [0.15, 0.2) is 0 Å². The monoisotopic (exact) mass is 449 g/mol. The van der Waals surface area contributed by atoms with Crippen LogP contribution in [0.5, 0.6) is 0 Å². The van der Waals surface area contributed by atoms with Crippen LogP contribution in [0.3, 0.4) is 0 Å². The molecule has 1 amide bonds. The first-order valence-corrected chi connectivity index (χ1v) is 11.0. The lowest BCUT2D eigenvalue weighted by atomic mass is 10.1. The van der Waals surface area contributed by atoms with Crippen molar-refractivity contribution in [2.75, 3.05) is 24.7 Å². The molecule has 0 radical (unpaired) electrons. The van der Waals surface area contributed by atoms with Crippen LogP contribution >= 0.6 is 11.8 Å². The molecule has 1 atom stereocenters. The first-order chi connectivity index (χ1) is 15.5. The number of fused-ring (bicyclic) bond motifs is 1. The molecular formula is C23H23N5O3S. The van der Waals surface area contributed by atoms with Crippen LogP contribution in [-0.2, 0) is 11.2 Å². The number of benzene rings is 2. The molecule has 164 valence electrons. The number of carbonyl (C=O) groups is 2. The number of aromatic nitrogens is 3. The number of nitrogens with one attached hydrogen (secondary N) is 2. The quantitative estimate of drug-likeness (QED) is 0.298. The van der Waals surface area contributed by atoms with Crippen LogP contribution in [0.25, 0.3) is 11.0 Å². The third kappa shape index (κ3) is 5.00. The van der Waals surface area contributed by atoms with Crippen LogP contribution in [0.1, 0.15) is 22.0 Å². The van der Waals surface area contributed by atoms with Gasteiger partial charge >= 0.3 is 0 Å². The van der Waals surface area contributed by atoms with E-state index >= 15 is 0 Å². The maximum absolute atomic E-state index is 12.6. The molecule has 32 heavy (non-hydrogen) atoms. The number of rotatable bonds is 9. The lowest BCUT2D eigenvalue weighted by molar-refractivity contribution is -0.109. The third-order valence-corrected chi connectivity index (χ3v) is 6.03. The van der Waals surface area contributed by atoms with Crippen LogP contribution in [-0.4, -0.2) is 53.3 Å².